The highest BCUT2D eigenvalue weighted by Crippen LogP contribution is 2.11. The molecule has 1 aromatic heterocycles. The predicted octanol–water partition coefficient (Wildman–Crippen LogP) is 1.93. The summed E-state index contributed by atoms with van der Waals surface area (Å²) in [5.41, 5.74) is 0. The van der Waals surface area contributed by atoms with Crippen LogP contribution in [0.4, 0.5) is 0 Å². The van der Waals surface area contributed by atoms with Crippen LogP contribution in [0.25, 0.3) is 0 Å². The zero-order valence-corrected chi connectivity index (χ0v) is 9.02. The molecule has 0 radical (unpaired) electrons. The predicted molar refractivity (Wildman–Crippen MR) is 52.9 cm³/mol. The summed E-state index contributed by atoms with van der Waals surface area (Å²) < 4.78 is 4.84. The molecule has 4 nitrogen and oxygen atoms in total. The van der Waals surface area contributed by atoms with Gasteiger partial charge in [0.25, 0.3) is 5.91 Å². The van der Waals surface area contributed by atoms with E-state index in [1.807, 2.05) is 27.7 Å². The largest absolute Gasteiger partial charge is 0.351 e. The van der Waals surface area contributed by atoms with Gasteiger partial charge in [-0.2, -0.15) is 0 Å². The summed E-state index contributed by atoms with van der Waals surface area (Å²) in [4.78, 5) is 13.6. The van der Waals surface area contributed by atoms with E-state index in [9.17, 15) is 4.79 Å². The van der Waals surface area contributed by atoms with Gasteiger partial charge >= 0.3 is 0 Å². The number of nitrogens with zero attached hydrogens (tertiary/aromatic N) is 2. The molecule has 0 aliphatic carbocycles. The maximum Gasteiger partial charge on any atom is 0.292 e. The minimum Gasteiger partial charge on any atom is -0.351 e. The van der Waals surface area contributed by atoms with Crippen molar-refractivity contribution in [3.63, 3.8) is 0 Å². The Balaban J connectivity index is 2.85. The van der Waals surface area contributed by atoms with Crippen molar-refractivity contribution >= 4 is 5.91 Å². The smallest absolute Gasteiger partial charge is 0.292 e. The van der Waals surface area contributed by atoms with Crippen molar-refractivity contribution in [2.75, 3.05) is 0 Å². The SMILES string of the molecule is CC(C)N(C(=O)c1ccno1)C(C)C. The number of rotatable bonds is 3. The van der Waals surface area contributed by atoms with Gasteiger partial charge in [0.2, 0.25) is 5.76 Å². The van der Waals surface area contributed by atoms with E-state index in [4.69, 9.17) is 4.52 Å². The van der Waals surface area contributed by atoms with Crippen molar-refractivity contribution in [1.82, 2.24) is 10.1 Å². The van der Waals surface area contributed by atoms with Gasteiger partial charge in [-0.3, -0.25) is 4.79 Å². The van der Waals surface area contributed by atoms with E-state index in [-0.39, 0.29) is 18.0 Å². The van der Waals surface area contributed by atoms with Gasteiger partial charge in [-0.25, -0.2) is 0 Å². The molecule has 0 saturated heterocycles. The Bertz CT molecular complexity index is 283. The number of hydrogen-bond donors (Lipinski definition) is 0. The van der Waals surface area contributed by atoms with Crippen LogP contribution >= 0.6 is 0 Å². The third kappa shape index (κ3) is 2.13. The summed E-state index contributed by atoms with van der Waals surface area (Å²) in [6, 6.07) is 1.90. The van der Waals surface area contributed by atoms with Crippen LogP contribution in [0.5, 0.6) is 0 Å². The lowest BCUT2D eigenvalue weighted by Gasteiger charge is -2.29. The van der Waals surface area contributed by atoms with E-state index in [0.717, 1.165) is 0 Å². The molecule has 0 spiro atoms. The van der Waals surface area contributed by atoms with Gasteiger partial charge in [-0.1, -0.05) is 5.16 Å². The lowest BCUT2D eigenvalue weighted by Crippen LogP contribution is -2.41. The van der Waals surface area contributed by atoms with Crippen LogP contribution in [0, 0.1) is 0 Å². The fourth-order valence-electron chi connectivity index (χ4n) is 1.52. The molecule has 0 N–H and O–H groups in total. The van der Waals surface area contributed by atoms with Gasteiger partial charge in [0.05, 0.1) is 6.20 Å². The van der Waals surface area contributed by atoms with E-state index in [2.05, 4.69) is 5.16 Å². The summed E-state index contributed by atoms with van der Waals surface area (Å²) >= 11 is 0. The Labute approximate surface area is 83.9 Å². The molecule has 1 amide bonds. The van der Waals surface area contributed by atoms with Crippen molar-refractivity contribution in [1.29, 1.82) is 0 Å². The van der Waals surface area contributed by atoms with Gasteiger partial charge in [-0.15, -0.1) is 0 Å². The van der Waals surface area contributed by atoms with Gasteiger partial charge in [0.15, 0.2) is 0 Å². The van der Waals surface area contributed by atoms with Crippen LogP contribution in [-0.2, 0) is 0 Å². The van der Waals surface area contributed by atoms with Crippen molar-refractivity contribution in [2.24, 2.45) is 0 Å². The molecule has 78 valence electrons. The van der Waals surface area contributed by atoms with Crippen LogP contribution in [-0.4, -0.2) is 28.0 Å². The second-order valence-electron chi connectivity index (χ2n) is 3.78. The lowest BCUT2D eigenvalue weighted by molar-refractivity contribution is 0.0601. The normalized spacial score (nSPS) is 11.0. The first-order valence-electron chi connectivity index (χ1n) is 4.77. The van der Waals surface area contributed by atoms with Crippen molar-refractivity contribution < 1.29 is 9.32 Å². The Morgan fingerprint density at radius 1 is 1.36 bits per heavy atom. The van der Waals surface area contributed by atoms with E-state index in [0.29, 0.717) is 5.76 Å². The average molecular weight is 196 g/mol. The molecular weight excluding hydrogens is 180 g/mol. The first kappa shape index (κ1) is 10.8. The fraction of sp³-hybridized carbons (Fsp3) is 0.600. The van der Waals surface area contributed by atoms with Crippen molar-refractivity contribution in [3.05, 3.63) is 18.0 Å². The standard InChI is InChI=1S/C10H16N2O2/c1-7(2)12(8(3)4)10(13)9-5-6-11-14-9/h5-8H,1-4H3. The van der Waals surface area contributed by atoms with E-state index < -0.39 is 0 Å². The monoisotopic (exact) mass is 196 g/mol. The highest BCUT2D eigenvalue weighted by Gasteiger charge is 2.23. The Hall–Kier alpha value is -1.32. The minimum atomic E-state index is -0.104. The Morgan fingerprint density at radius 3 is 2.29 bits per heavy atom. The molecule has 4 heteroatoms. The summed E-state index contributed by atoms with van der Waals surface area (Å²) in [6.45, 7) is 7.92. The van der Waals surface area contributed by atoms with Gasteiger partial charge < -0.3 is 9.42 Å². The molecule has 0 atom stereocenters. The Kier molecular flexibility index (Phi) is 3.28. The number of carbonyl (C=O) groups excluding carboxylic acids is 1. The number of amides is 1. The van der Waals surface area contributed by atoms with Gasteiger partial charge in [0.1, 0.15) is 0 Å². The van der Waals surface area contributed by atoms with E-state index >= 15 is 0 Å². The molecule has 0 saturated carbocycles. The van der Waals surface area contributed by atoms with Crippen LogP contribution in [0.3, 0.4) is 0 Å². The topological polar surface area (TPSA) is 46.3 Å². The number of aromatic nitrogens is 1. The molecule has 1 rings (SSSR count). The molecular formula is C10H16N2O2. The summed E-state index contributed by atoms with van der Waals surface area (Å²) in [5, 5.41) is 3.52. The molecule has 1 heterocycles. The Morgan fingerprint density at radius 2 is 1.93 bits per heavy atom. The number of hydrogen-bond acceptors (Lipinski definition) is 3. The van der Waals surface area contributed by atoms with Crippen molar-refractivity contribution in [2.45, 2.75) is 39.8 Å². The molecule has 0 aliphatic rings. The van der Waals surface area contributed by atoms with Gasteiger partial charge in [0, 0.05) is 18.2 Å². The zero-order valence-electron chi connectivity index (χ0n) is 9.02. The molecule has 14 heavy (non-hydrogen) atoms. The first-order valence-corrected chi connectivity index (χ1v) is 4.77. The maximum atomic E-state index is 11.9. The lowest BCUT2D eigenvalue weighted by atomic mass is 10.2. The summed E-state index contributed by atoms with van der Waals surface area (Å²) in [6.07, 6.45) is 1.48. The zero-order chi connectivity index (χ0) is 10.7. The van der Waals surface area contributed by atoms with Crippen molar-refractivity contribution in [3.8, 4) is 0 Å². The second kappa shape index (κ2) is 4.26. The highest BCUT2D eigenvalue weighted by molar-refractivity contribution is 5.91. The third-order valence-corrected chi connectivity index (χ3v) is 2.00. The summed E-state index contributed by atoms with van der Waals surface area (Å²) in [7, 11) is 0. The van der Waals surface area contributed by atoms with Crippen LogP contribution in [0.2, 0.25) is 0 Å². The maximum absolute atomic E-state index is 11.9. The summed E-state index contributed by atoms with van der Waals surface area (Å²) in [5.74, 6) is 0.194. The third-order valence-electron chi connectivity index (χ3n) is 2.00. The first-order chi connectivity index (χ1) is 6.54. The van der Waals surface area contributed by atoms with Crippen LogP contribution < -0.4 is 0 Å². The molecule has 1 aromatic rings. The van der Waals surface area contributed by atoms with Crippen LogP contribution in [0.1, 0.15) is 38.2 Å². The number of carbonyl (C=O) groups is 1. The molecule has 0 aliphatic heterocycles. The van der Waals surface area contributed by atoms with Crippen LogP contribution in [0.15, 0.2) is 16.8 Å². The molecule has 0 aromatic carbocycles. The highest BCUT2D eigenvalue weighted by atomic mass is 16.5. The fourth-order valence-corrected chi connectivity index (χ4v) is 1.52. The quantitative estimate of drug-likeness (QED) is 0.742. The van der Waals surface area contributed by atoms with E-state index in [1.54, 1.807) is 11.0 Å². The second-order valence-corrected chi connectivity index (χ2v) is 3.78. The molecule has 0 unspecified atom stereocenters. The molecule has 0 fully saturated rings. The minimum absolute atomic E-state index is 0.104. The average Bonchev–Trinajstić information content (AvgIpc) is 2.53. The van der Waals surface area contributed by atoms with Gasteiger partial charge in [-0.05, 0) is 27.7 Å². The molecule has 0 bridgehead atoms. The van der Waals surface area contributed by atoms with E-state index in [1.165, 1.54) is 6.20 Å².